The lowest BCUT2D eigenvalue weighted by molar-refractivity contribution is 0.0949. The maximum atomic E-state index is 13.1. The predicted molar refractivity (Wildman–Crippen MR) is 117 cm³/mol. The lowest BCUT2D eigenvalue weighted by atomic mass is 9.94. The van der Waals surface area contributed by atoms with Gasteiger partial charge in [-0.25, -0.2) is 4.98 Å². The summed E-state index contributed by atoms with van der Waals surface area (Å²) in [6.45, 7) is 7.23. The van der Waals surface area contributed by atoms with Gasteiger partial charge in [0.1, 0.15) is 5.75 Å². The van der Waals surface area contributed by atoms with E-state index < -0.39 is 0 Å². The van der Waals surface area contributed by atoms with Crippen LogP contribution in [0.25, 0.3) is 22.2 Å². The van der Waals surface area contributed by atoms with Gasteiger partial charge in [0.2, 0.25) is 0 Å². The van der Waals surface area contributed by atoms with Gasteiger partial charge in [0.05, 0.1) is 23.9 Å². The Morgan fingerprint density at radius 1 is 1.07 bits per heavy atom. The van der Waals surface area contributed by atoms with Crippen LogP contribution >= 0.6 is 0 Å². The van der Waals surface area contributed by atoms with Gasteiger partial charge in [-0.2, -0.15) is 0 Å². The van der Waals surface area contributed by atoms with Crippen molar-refractivity contribution in [2.45, 2.75) is 27.2 Å². The fourth-order valence-electron chi connectivity index (χ4n) is 3.64. The molecule has 1 heterocycles. The zero-order valence-electron chi connectivity index (χ0n) is 17.8. The van der Waals surface area contributed by atoms with Gasteiger partial charge in [0.25, 0.3) is 5.91 Å². The molecule has 0 spiro atoms. The first-order valence-electron chi connectivity index (χ1n) is 9.79. The summed E-state index contributed by atoms with van der Waals surface area (Å²) in [6.07, 6.45) is 0.772. The second-order valence-electron chi connectivity index (χ2n) is 7.27. The third-order valence-electron chi connectivity index (χ3n) is 5.07. The number of nitrogens with one attached hydrogen (secondary N) is 1. The second-order valence-corrected chi connectivity index (χ2v) is 7.27. The van der Waals surface area contributed by atoms with Gasteiger partial charge in [-0.1, -0.05) is 11.6 Å². The van der Waals surface area contributed by atoms with Crippen molar-refractivity contribution < 1.29 is 14.3 Å². The highest BCUT2D eigenvalue weighted by Gasteiger charge is 2.20. The van der Waals surface area contributed by atoms with E-state index in [2.05, 4.69) is 11.4 Å². The lowest BCUT2D eigenvalue weighted by Crippen LogP contribution is -2.26. The highest BCUT2D eigenvalue weighted by molar-refractivity contribution is 6.09. The molecule has 152 valence electrons. The zero-order valence-corrected chi connectivity index (χ0v) is 17.8. The molecule has 0 atom stereocenters. The number of carbonyl (C=O) groups is 1. The number of fused-ring (bicyclic) bond motifs is 1. The minimum Gasteiger partial charge on any atom is -0.497 e. The number of amides is 1. The SMILES string of the molecule is COCCCNC(=O)c1c(C)c(-c2ccc(OC)cc2)nc2c(C)cc(C)cc12. The van der Waals surface area contributed by atoms with E-state index in [9.17, 15) is 4.79 Å². The second kappa shape index (κ2) is 9.05. The van der Waals surface area contributed by atoms with E-state index in [1.807, 2.05) is 51.1 Å². The third-order valence-corrected chi connectivity index (χ3v) is 5.07. The fraction of sp³-hybridized carbons (Fsp3) is 0.333. The monoisotopic (exact) mass is 392 g/mol. The Morgan fingerprint density at radius 3 is 2.45 bits per heavy atom. The molecule has 0 unspecified atom stereocenters. The molecule has 1 N–H and O–H groups in total. The number of hydrogen-bond acceptors (Lipinski definition) is 4. The Bertz CT molecular complexity index is 1030. The molecule has 0 radical (unpaired) electrons. The van der Waals surface area contributed by atoms with Crippen LogP contribution in [0, 0.1) is 20.8 Å². The molecular formula is C24H28N2O3. The summed E-state index contributed by atoms with van der Waals surface area (Å²) in [4.78, 5) is 18.1. The van der Waals surface area contributed by atoms with E-state index in [1.54, 1.807) is 14.2 Å². The minimum absolute atomic E-state index is 0.0780. The molecule has 1 amide bonds. The van der Waals surface area contributed by atoms with Crippen molar-refractivity contribution >= 4 is 16.8 Å². The first kappa shape index (κ1) is 20.8. The molecule has 5 nitrogen and oxygen atoms in total. The molecule has 0 bridgehead atoms. The minimum atomic E-state index is -0.0780. The standard InChI is InChI=1S/C24H28N2O3/c1-15-13-16(2)22-20(14-15)21(24(27)25-11-6-12-28-4)17(3)23(26-22)18-7-9-19(29-5)10-8-18/h7-10,13-14H,6,11-12H2,1-5H3,(H,25,27). The number of aryl methyl sites for hydroxylation is 2. The molecule has 0 saturated carbocycles. The molecule has 3 rings (SSSR count). The average molecular weight is 392 g/mol. The van der Waals surface area contributed by atoms with Crippen molar-refractivity contribution in [2.24, 2.45) is 0 Å². The van der Waals surface area contributed by atoms with Gasteiger partial charge in [-0.05, 0) is 68.7 Å². The maximum Gasteiger partial charge on any atom is 0.252 e. The molecule has 0 fully saturated rings. The van der Waals surface area contributed by atoms with Crippen LogP contribution in [-0.2, 0) is 4.74 Å². The first-order valence-corrected chi connectivity index (χ1v) is 9.79. The molecule has 0 aliphatic heterocycles. The number of benzene rings is 2. The predicted octanol–water partition coefficient (Wildman–Crippen LogP) is 4.60. The Morgan fingerprint density at radius 2 is 1.79 bits per heavy atom. The Labute approximate surface area is 172 Å². The number of carbonyl (C=O) groups excluding carboxylic acids is 1. The Kier molecular flexibility index (Phi) is 6.49. The van der Waals surface area contributed by atoms with Crippen molar-refractivity contribution in [1.29, 1.82) is 0 Å². The van der Waals surface area contributed by atoms with Crippen LogP contribution < -0.4 is 10.1 Å². The number of ether oxygens (including phenoxy) is 2. The molecular weight excluding hydrogens is 364 g/mol. The quantitative estimate of drug-likeness (QED) is 0.597. The summed E-state index contributed by atoms with van der Waals surface area (Å²) < 4.78 is 10.3. The molecule has 0 aliphatic rings. The van der Waals surface area contributed by atoms with Crippen molar-refractivity contribution in [1.82, 2.24) is 10.3 Å². The highest BCUT2D eigenvalue weighted by atomic mass is 16.5. The van der Waals surface area contributed by atoms with Crippen LogP contribution in [0.5, 0.6) is 5.75 Å². The van der Waals surface area contributed by atoms with Crippen LogP contribution in [0.4, 0.5) is 0 Å². The summed E-state index contributed by atoms with van der Waals surface area (Å²) in [5.41, 5.74) is 6.36. The smallest absolute Gasteiger partial charge is 0.252 e. The summed E-state index contributed by atoms with van der Waals surface area (Å²) in [5, 5.41) is 3.93. The summed E-state index contributed by atoms with van der Waals surface area (Å²) >= 11 is 0. The third kappa shape index (κ3) is 4.40. The van der Waals surface area contributed by atoms with Gasteiger partial charge >= 0.3 is 0 Å². The van der Waals surface area contributed by atoms with Gasteiger partial charge in [-0.3, -0.25) is 4.79 Å². The number of hydrogen-bond donors (Lipinski definition) is 1. The van der Waals surface area contributed by atoms with E-state index >= 15 is 0 Å². The number of nitrogens with zero attached hydrogens (tertiary/aromatic N) is 1. The number of rotatable bonds is 7. The molecule has 0 saturated heterocycles. The average Bonchev–Trinajstić information content (AvgIpc) is 2.71. The summed E-state index contributed by atoms with van der Waals surface area (Å²) in [7, 11) is 3.31. The van der Waals surface area contributed by atoms with Crippen LogP contribution in [0.1, 0.15) is 33.5 Å². The largest absolute Gasteiger partial charge is 0.497 e. The first-order chi connectivity index (χ1) is 14.0. The van der Waals surface area contributed by atoms with Crippen molar-refractivity contribution in [3.8, 4) is 17.0 Å². The normalized spacial score (nSPS) is 10.9. The molecule has 0 aliphatic carbocycles. The molecule has 1 aromatic heterocycles. The van der Waals surface area contributed by atoms with Crippen molar-refractivity contribution in [3.63, 3.8) is 0 Å². The van der Waals surface area contributed by atoms with Crippen LogP contribution in [0.15, 0.2) is 36.4 Å². The van der Waals surface area contributed by atoms with Gasteiger partial charge in [0, 0.05) is 31.2 Å². The topological polar surface area (TPSA) is 60.5 Å². The van der Waals surface area contributed by atoms with Crippen molar-refractivity contribution in [2.75, 3.05) is 27.4 Å². The van der Waals surface area contributed by atoms with Crippen LogP contribution in [0.3, 0.4) is 0 Å². The highest BCUT2D eigenvalue weighted by Crippen LogP contribution is 2.32. The van der Waals surface area contributed by atoms with E-state index in [-0.39, 0.29) is 5.91 Å². The molecule has 5 heteroatoms. The van der Waals surface area contributed by atoms with Crippen molar-refractivity contribution in [3.05, 3.63) is 58.7 Å². The summed E-state index contributed by atoms with van der Waals surface area (Å²) in [6, 6.07) is 11.9. The maximum absolute atomic E-state index is 13.1. The van der Waals surface area contributed by atoms with E-state index in [0.717, 1.165) is 51.0 Å². The van der Waals surface area contributed by atoms with Gasteiger partial charge in [-0.15, -0.1) is 0 Å². The van der Waals surface area contributed by atoms with Gasteiger partial charge < -0.3 is 14.8 Å². The number of aromatic nitrogens is 1. The zero-order chi connectivity index (χ0) is 21.0. The summed E-state index contributed by atoms with van der Waals surface area (Å²) in [5.74, 6) is 0.709. The Hall–Kier alpha value is -2.92. The van der Waals surface area contributed by atoms with E-state index in [4.69, 9.17) is 14.5 Å². The molecule has 29 heavy (non-hydrogen) atoms. The van der Waals surface area contributed by atoms with E-state index in [0.29, 0.717) is 18.7 Å². The van der Waals surface area contributed by atoms with Crippen LogP contribution in [-0.4, -0.2) is 38.3 Å². The molecule has 3 aromatic rings. The number of pyridine rings is 1. The van der Waals surface area contributed by atoms with Gasteiger partial charge in [0.15, 0.2) is 0 Å². The number of methoxy groups -OCH3 is 2. The molecule has 2 aromatic carbocycles. The Balaban J connectivity index is 2.15. The fourth-order valence-corrected chi connectivity index (χ4v) is 3.64. The van der Waals surface area contributed by atoms with Crippen LogP contribution in [0.2, 0.25) is 0 Å². The lowest BCUT2D eigenvalue weighted by Gasteiger charge is -2.17. The van der Waals surface area contributed by atoms with E-state index in [1.165, 1.54) is 0 Å².